The predicted molar refractivity (Wildman–Crippen MR) is 106 cm³/mol. The van der Waals surface area contributed by atoms with Crippen molar-refractivity contribution < 1.29 is 9.53 Å². The average Bonchev–Trinajstić information content (AvgIpc) is 3.04. The first-order chi connectivity index (χ1) is 13.3. The normalized spacial score (nSPS) is 12.6. The summed E-state index contributed by atoms with van der Waals surface area (Å²) in [5.74, 6) is 0.0761. The van der Waals surface area contributed by atoms with Crippen molar-refractivity contribution >= 4 is 12.2 Å². The molecule has 0 spiro atoms. The molecule has 1 heterocycles. The third-order valence-corrected chi connectivity index (χ3v) is 4.68. The van der Waals surface area contributed by atoms with Gasteiger partial charge >= 0.3 is 6.09 Å². The molecule has 1 aromatic heterocycles. The summed E-state index contributed by atoms with van der Waals surface area (Å²) in [5.41, 5.74) is 5.72. The lowest BCUT2D eigenvalue weighted by molar-refractivity contribution is 0.144. The van der Waals surface area contributed by atoms with Crippen molar-refractivity contribution in [1.82, 2.24) is 10.3 Å². The van der Waals surface area contributed by atoms with Gasteiger partial charge in [-0.1, -0.05) is 60.7 Å². The number of nitrogens with one attached hydrogen (secondary N) is 1. The standard InChI is InChI=1S/C23H20N2O2/c26-23(25-15-7-9-17-8-5-6-14-24-17)27-16-22-20-12-3-1-10-18(20)19-11-2-4-13-21(19)22/h1-14,22H,15-16H2,(H,25,26). The van der Waals surface area contributed by atoms with Gasteiger partial charge in [-0.3, -0.25) is 4.98 Å². The summed E-state index contributed by atoms with van der Waals surface area (Å²) in [4.78, 5) is 16.2. The van der Waals surface area contributed by atoms with Gasteiger partial charge in [0.05, 0.1) is 5.69 Å². The Balaban J connectivity index is 1.35. The van der Waals surface area contributed by atoms with Crippen LogP contribution < -0.4 is 5.32 Å². The van der Waals surface area contributed by atoms with Gasteiger partial charge in [-0.2, -0.15) is 0 Å². The van der Waals surface area contributed by atoms with Gasteiger partial charge in [-0.05, 0) is 40.5 Å². The van der Waals surface area contributed by atoms with Crippen molar-refractivity contribution in [3.05, 3.63) is 95.8 Å². The van der Waals surface area contributed by atoms with Gasteiger partial charge < -0.3 is 10.1 Å². The third kappa shape index (κ3) is 3.75. The first kappa shape index (κ1) is 17.0. The maximum Gasteiger partial charge on any atom is 0.407 e. The van der Waals surface area contributed by atoms with Crippen LogP contribution in [0.5, 0.6) is 0 Å². The molecule has 1 amide bonds. The molecule has 4 rings (SSSR count). The number of benzene rings is 2. The van der Waals surface area contributed by atoms with Crippen molar-refractivity contribution in [3.63, 3.8) is 0 Å². The summed E-state index contributed by atoms with van der Waals surface area (Å²) in [6.45, 7) is 0.719. The van der Waals surface area contributed by atoms with Crippen LogP contribution in [0.3, 0.4) is 0 Å². The number of nitrogens with zero attached hydrogens (tertiary/aromatic N) is 1. The Hall–Kier alpha value is -3.40. The number of hydrogen-bond acceptors (Lipinski definition) is 3. The van der Waals surface area contributed by atoms with Crippen LogP contribution in [-0.4, -0.2) is 24.2 Å². The van der Waals surface area contributed by atoms with Crippen molar-refractivity contribution in [2.75, 3.05) is 13.2 Å². The summed E-state index contributed by atoms with van der Waals surface area (Å²) < 4.78 is 5.49. The first-order valence-electron chi connectivity index (χ1n) is 8.99. The highest BCUT2D eigenvalue weighted by atomic mass is 16.5. The van der Waals surface area contributed by atoms with Crippen LogP contribution in [0.15, 0.2) is 79.0 Å². The van der Waals surface area contributed by atoms with Crippen LogP contribution in [0.1, 0.15) is 22.7 Å². The quantitative estimate of drug-likeness (QED) is 0.725. The Labute approximate surface area is 158 Å². The van der Waals surface area contributed by atoms with E-state index in [0.717, 1.165) is 5.69 Å². The van der Waals surface area contributed by atoms with Gasteiger partial charge in [0.15, 0.2) is 0 Å². The van der Waals surface area contributed by atoms with Crippen LogP contribution in [0, 0.1) is 0 Å². The highest BCUT2D eigenvalue weighted by Gasteiger charge is 2.28. The number of hydrogen-bond donors (Lipinski definition) is 1. The van der Waals surface area contributed by atoms with E-state index in [0.29, 0.717) is 13.2 Å². The largest absolute Gasteiger partial charge is 0.449 e. The van der Waals surface area contributed by atoms with Crippen molar-refractivity contribution in [3.8, 4) is 11.1 Å². The van der Waals surface area contributed by atoms with E-state index in [1.165, 1.54) is 22.3 Å². The molecule has 4 nitrogen and oxygen atoms in total. The second-order valence-electron chi connectivity index (χ2n) is 6.36. The van der Waals surface area contributed by atoms with Crippen LogP contribution in [-0.2, 0) is 4.74 Å². The van der Waals surface area contributed by atoms with Crippen LogP contribution in [0.2, 0.25) is 0 Å². The molecule has 0 saturated heterocycles. The molecule has 0 unspecified atom stereocenters. The Morgan fingerprint density at radius 2 is 1.63 bits per heavy atom. The molecule has 3 aromatic rings. The molecule has 0 atom stereocenters. The lowest BCUT2D eigenvalue weighted by Gasteiger charge is -2.14. The van der Waals surface area contributed by atoms with Crippen molar-refractivity contribution in [1.29, 1.82) is 0 Å². The second-order valence-corrected chi connectivity index (χ2v) is 6.36. The van der Waals surface area contributed by atoms with E-state index in [4.69, 9.17) is 4.74 Å². The Morgan fingerprint density at radius 1 is 0.963 bits per heavy atom. The van der Waals surface area contributed by atoms with Crippen molar-refractivity contribution in [2.45, 2.75) is 5.92 Å². The molecule has 1 N–H and O–H groups in total. The second kappa shape index (κ2) is 7.87. The van der Waals surface area contributed by atoms with Gasteiger partial charge in [0.2, 0.25) is 0 Å². The first-order valence-corrected chi connectivity index (χ1v) is 8.99. The molecular formula is C23H20N2O2. The molecular weight excluding hydrogens is 336 g/mol. The number of fused-ring (bicyclic) bond motifs is 3. The summed E-state index contributed by atoms with van der Waals surface area (Å²) in [6.07, 6.45) is 5.04. The fraction of sp³-hybridized carbons (Fsp3) is 0.130. The van der Waals surface area contributed by atoms with E-state index in [1.807, 2.05) is 54.6 Å². The number of pyridine rings is 1. The Kier molecular flexibility index (Phi) is 4.97. The zero-order valence-corrected chi connectivity index (χ0v) is 14.8. The van der Waals surface area contributed by atoms with E-state index in [2.05, 4.69) is 34.6 Å². The van der Waals surface area contributed by atoms with E-state index in [1.54, 1.807) is 6.20 Å². The monoisotopic (exact) mass is 356 g/mol. The molecule has 2 aromatic carbocycles. The van der Waals surface area contributed by atoms with Crippen LogP contribution in [0.25, 0.3) is 17.2 Å². The lowest BCUT2D eigenvalue weighted by atomic mass is 9.98. The van der Waals surface area contributed by atoms with Gasteiger partial charge in [-0.15, -0.1) is 0 Å². The van der Waals surface area contributed by atoms with E-state index in [9.17, 15) is 4.79 Å². The van der Waals surface area contributed by atoms with Gasteiger partial charge in [-0.25, -0.2) is 4.79 Å². The number of aromatic nitrogens is 1. The highest BCUT2D eigenvalue weighted by Crippen LogP contribution is 2.44. The van der Waals surface area contributed by atoms with Crippen LogP contribution >= 0.6 is 0 Å². The van der Waals surface area contributed by atoms with Gasteiger partial charge in [0.25, 0.3) is 0 Å². The average molecular weight is 356 g/mol. The molecule has 0 saturated carbocycles. The Morgan fingerprint density at radius 3 is 2.30 bits per heavy atom. The predicted octanol–water partition coefficient (Wildman–Crippen LogP) is 4.63. The molecule has 0 radical (unpaired) electrons. The highest BCUT2D eigenvalue weighted by molar-refractivity contribution is 5.79. The van der Waals surface area contributed by atoms with Crippen LogP contribution in [0.4, 0.5) is 4.79 Å². The minimum absolute atomic E-state index is 0.0761. The number of amides is 1. The smallest absolute Gasteiger partial charge is 0.407 e. The van der Waals surface area contributed by atoms with E-state index < -0.39 is 6.09 Å². The molecule has 134 valence electrons. The lowest BCUT2D eigenvalue weighted by Crippen LogP contribution is -2.26. The van der Waals surface area contributed by atoms with Crippen molar-refractivity contribution in [2.24, 2.45) is 0 Å². The summed E-state index contributed by atoms with van der Waals surface area (Å²) in [5, 5.41) is 2.75. The van der Waals surface area contributed by atoms with E-state index >= 15 is 0 Å². The zero-order valence-electron chi connectivity index (χ0n) is 14.8. The maximum atomic E-state index is 12.1. The topological polar surface area (TPSA) is 51.2 Å². The molecule has 0 bridgehead atoms. The molecule has 1 aliphatic carbocycles. The fourth-order valence-electron chi connectivity index (χ4n) is 3.45. The van der Waals surface area contributed by atoms with E-state index in [-0.39, 0.29) is 5.92 Å². The Bertz CT molecular complexity index is 921. The molecule has 1 aliphatic rings. The fourth-order valence-corrected chi connectivity index (χ4v) is 3.45. The number of ether oxygens (including phenoxy) is 1. The third-order valence-electron chi connectivity index (χ3n) is 4.68. The number of carbonyl (C=O) groups is 1. The number of alkyl carbamates (subject to hydrolysis) is 1. The molecule has 4 heteroatoms. The molecule has 27 heavy (non-hydrogen) atoms. The molecule has 0 fully saturated rings. The maximum absolute atomic E-state index is 12.1. The number of carbonyl (C=O) groups excluding carboxylic acids is 1. The minimum atomic E-state index is -0.414. The number of rotatable bonds is 5. The summed E-state index contributed by atoms with van der Waals surface area (Å²) in [6, 6.07) is 22.3. The SMILES string of the molecule is O=C(NCC=Cc1ccccn1)OCC1c2ccccc2-c2ccccc21. The van der Waals surface area contributed by atoms with Gasteiger partial charge in [0, 0.05) is 18.7 Å². The minimum Gasteiger partial charge on any atom is -0.449 e. The van der Waals surface area contributed by atoms with Gasteiger partial charge in [0.1, 0.15) is 6.61 Å². The summed E-state index contributed by atoms with van der Waals surface area (Å²) >= 11 is 0. The summed E-state index contributed by atoms with van der Waals surface area (Å²) in [7, 11) is 0. The zero-order chi connectivity index (χ0) is 18.5. The molecule has 0 aliphatic heterocycles.